The molecular formula is C125H77N7S3. The van der Waals surface area contributed by atoms with Crippen LogP contribution in [0.1, 0.15) is 0 Å². The Morgan fingerprint density at radius 2 is 0.467 bits per heavy atom. The van der Waals surface area contributed by atoms with Crippen molar-refractivity contribution in [2.45, 2.75) is 0 Å². The predicted octanol–water partition coefficient (Wildman–Crippen LogP) is 35.1. The third-order valence-corrected chi connectivity index (χ3v) is 31.4. The maximum atomic E-state index is 4.97. The van der Waals surface area contributed by atoms with E-state index in [0.717, 1.165) is 11.5 Å². The summed E-state index contributed by atoms with van der Waals surface area (Å²) in [5, 5.41) is 23.0. The number of fused-ring (bicyclic) bond motifs is 27. The molecule has 135 heavy (non-hydrogen) atoms. The van der Waals surface area contributed by atoms with Crippen LogP contribution in [0.15, 0.2) is 467 Å². The SMILES string of the molecule is c1cc(-c2cccc(-n3c4ccccc4c4cc(-n5c6ccccc6c6ccccc65)ccc43)c2)cc(-c2cccc3c2sc2ccccc23)c1.c1ccc(-n2c3ccccc3c3cc(-c4ccc5c(c4)c4ccccc4n5-c4cccc5c4sc4ccccc45)ccc32)cc1.c1ccc2c(c1)c1ccccc1n2-c1ccc2sc3c(-n4c5ccccc5c5ccccc54)nccc3c2c1. The molecule has 0 N–H and O–H groups in total. The first kappa shape index (κ1) is 76.8. The fraction of sp³-hybridized carbons (Fsp3) is 0. The zero-order chi connectivity index (χ0) is 88.5. The lowest BCUT2D eigenvalue weighted by Gasteiger charge is -2.12. The van der Waals surface area contributed by atoms with Crippen LogP contribution >= 0.6 is 34.0 Å². The van der Waals surface area contributed by atoms with Gasteiger partial charge >= 0.3 is 0 Å². The molecule has 20 aromatic carbocycles. The monoisotopic (exact) mass is 1770 g/mol. The molecule has 10 heterocycles. The summed E-state index contributed by atoms with van der Waals surface area (Å²) >= 11 is 5.59. The summed E-state index contributed by atoms with van der Waals surface area (Å²) in [7, 11) is 0. The summed E-state index contributed by atoms with van der Waals surface area (Å²) in [6, 6.07) is 168. The summed E-state index contributed by atoms with van der Waals surface area (Å²) in [6.07, 6.45) is 1.96. The van der Waals surface area contributed by atoms with E-state index in [1.807, 2.05) is 40.2 Å². The molecule has 0 saturated carbocycles. The van der Waals surface area contributed by atoms with E-state index in [1.165, 1.54) is 247 Å². The lowest BCUT2D eigenvalue weighted by molar-refractivity contribution is 1.11. The molecule has 10 aromatic heterocycles. The van der Waals surface area contributed by atoms with Crippen LogP contribution in [0.2, 0.25) is 0 Å². The largest absolute Gasteiger partial charge is 0.309 e. The van der Waals surface area contributed by atoms with Gasteiger partial charge in [-0.1, -0.05) is 291 Å². The number of aromatic nitrogens is 7. The maximum Gasteiger partial charge on any atom is 0.155 e. The van der Waals surface area contributed by atoms with Crippen molar-refractivity contribution in [3.05, 3.63) is 467 Å². The lowest BCUT2D eigenvalue weighted by atomic mass is 9.97. The molecule has 30 aromatic rings. The van der Waals surface area contributed by atoms with E-state index >= 15 is 0 Å². The number of nitrogens with zero attached hydrogens (tertiary/aromatic N) is 7. The van der Waals surface area contributed by atoms with Crippen LogP contribution in [0.5, 0.6) is 0 Å². The summed E-state index contributed by atoms with van der Waals surface area (Å²) in [5.74, 6) is 0.990. The van der Waals surface area contributed by atoms with Crippen LogP contribution in [-0.4, -0.2) is 32.4 Å². The molecule has 0 aliphatic carbocycles. The van der Waals surface area contributed by atoms with Crippen molar-refractivity contribution in [1.82, 2.24) is 32.4 Å². The molecule has 0 spiro atoms. The number of rotatable bonds is 9. The predicted molar refractivity (Wildman–Crippen MR) is 578 cm³/mol. The highest BCUT2D eigenvalue weighted by molar-refractivity contribution is 7.27. The van der Waals surface area contributed by atoms with Gasteiger partial charge in [-0.3, -0.25) is 4.57 Å². The van der Waals surface area contributed by atoms with E-state index in [2.05, 4.69) is 488 Å². The van der Waals surface area contributed by atoms with Crippen molar-refractivity contribution in [1.29, 1.82) is 0 Å². The molecule has 0 aliphatic rings. The second kappa shape index (κ2) is 30.8. The molecule has 0 unspecified atom stereocenters. The second-order valence-corrected chi connectivity index (χ2v) is 38.3. The minimum absolute atomic E-state index is 0.990. The van der Waals surface area contributed by atoms with Crippen LogP contribution in [-0.2, 0) is 0 Å². The Labute approximate surface area is 786 Å². The Hall–Kier alpha value is -17.0. The average molecular weight is 1770 g/mol. The lowest BCUT2D eigenvalue weighted by Crippen LogP contribution is -1.97. The quantitative estimate of drug-likeness (QED) is 0.142. The molecule has 0 amide bonds. The van der Waals surface area contributed by atoms with Crippen molar-refractivity contribution in [2.75, 3.05) is 0 Å². The molecule has 0 aliphatic heterocycles. The normalized spacial score (nSPS) is 12.0. The summed E-state index contributed by atoms with van der Waals surface area (Å²) in [5.41, 5.74) is 27.9. The molecule has 30 rings (SSSR count). The van der Waals surface area contributed by atoms with Gasteiger partial charge in [0.15, 0.2) is 5.82 Å². The molecule has 0 saturated heterocycles. The molecule has 10 heteroatoms. The average Bonchev–Trinajstić information content (AvgIpc) is 1.58. The Kier molecular flexibility index (Phi) is 17.5. The topological polar surface area (TPSA) is 42.5 Å². The van der Waals surface area contributed by atoms with Gasteiger partial charge in [-0.2, -0.15) is 0 Å². The Morgan fingerprint density at radius 1 is 0.156 bits per heavy atom. The van der Waals surface area contributed by atoms with Crippen molar-refractivity contribution < 1.29 is 0 Å². The number of para-hydroxylation sites is 10. The standard InChI is InChI=1S/C48H30N2S.C42H26N2S.C35H21N3S/c1-5-22-43-37(16-1)38-17-2-6-23-44(38)50(43)35-26-27-46-42(30-35)39-18-3-7-24-45(39)49(46)34-15-10-13-32(29-34)31-12-9-14-33(28-31)36-20-11-21-41-40-19-4-8-25-47(40)51-48(36)41;1-2-11-29(12-3-1)43-36-17-7-4-13-30(36)34-25-27(21-23-38(34)43)28-22-24-39-35(26-28)31-14-5-8-18-37(31)44(39)40-19-10-16-33-32-15-6-9-20-41(32)45-42(33)40;1-5-13-29-23(9-1)24-10-2-6-14-30(24)37(29)22-17-18-33-28(21-22)27-19-20-36-35(34(27)39-33)38-31-15-7-3-11-25(31)26-12-4-8-16-32(26)38/h1-30H;1-26H;1-21H. The van der Waals surface area contributed by atoms with Gasteiger partial charge in [0.2, 0.25) is 0 Å². The first-order chi connectivity index (χ1) is 67.0. The van der Waals surface area contributed by atoms with E-state index in [1.54, 1.807) is 0 Å². The maximum absolute atomic E-state index is 4.97. The zero-order valence-electron chi connectivity index (χ0n) is 72.8. The highest BCUT2D eigenvalue weighted by Gasteiger charge is 2.25. The van der Waals surface area contributed by atoms with E-state index in [-0.39, 0.29) is 0 Å². The highest BCUT2D eigenvalue weighted by Crippen LogP contribution is 2.48. The van der Waals surface area contributed by atoms with Gasteiger partial charge in [0, 0.05) is 145 Å². The Bertz CT molecular complexity index is 9980. The smallest absolute Gasteiger partial charge is 0.155 e. The van der Waals surface area contributed by atoms with Gasteiger partial charge in [0.25, 0.3) is 0 Å². The molecule has 7 nitrogen and oxygen atoms in total. The van der Waals surface area contributed by atoms with Crippen LogP contribution in [0.4, 0.5) is 0 Å². The molecule has 630 valence electrons. The van der Waals surface area contributed by atoms with Gasteiger partial charge in [0.05, 0.1) is 81.3 Å². The minimum Gasteiger partial charge on any atom is -0.309 e. The first-order valence-corrected chi connectivity index (χ1v) is 48.4. The molecule has 0 radical (unpaired) electrons. The number of hydrogen-bond acceptors (Lipinski definition) is 4. The number of pyridine rings is 1. The van der Waals surface area contributed by atoms with Crippen LogP contribution < -0.4 is 0 Å². The van der Waals surface area contributed by atoms with E-state index in [4.69, 9.17) is 4.98 Å². The molecular weight excluding hydrogens is 1700 g/mol. The number of benzene rings is 20. The summed E-state index contributed by atoms with van der Waals surface area (Å²) in [4.78, 5) is 4.97. The van der Waals surface area contributed by atoms with Crippen molar-refractivity contribution >= 4 is 225 Å². The van der Waals surface area contributed by atoms with Gasteiger partial charge < -0.3 is 22.8 Å². The van der Waals surface area contributed by atoms with Crippen LogP contribution in [0.25, 0.3) is 259 Å². The van der Waals surface area contributed by atoms with Crippen LogP contribution in [0.3, 0.4) is 0 Å². The van der Waals surface area contributed by atoms with Gasteiger partial charge in [-0.05, 0) is 203 Å². The number of thiophene rings is 3. The fourth-order valence-electron chi connectivity index (χ4n) is 21.9. The Balaban J connectivity index is 0.000000101. The number of hydrogen-bond donors (Lipinski definition) is 0. The van der Waals surface area contributed by atoms with E-state index < -0.39 is 0 Å². The molecule has 0 atom stereocenters. The molecule has 0 fully saturated rings. The summed E-state index contributed by atoms with van der Waals surface area (Å²) in [6.45, 7) is 0. The minimum atomic E-state index is 0.990. The van der Waals surface area contributed by atoms with Crippen molar-refractivity contribution in [2.24, 2.45) is 0 Å². The first-order valence-electron chi connectivity index (χ1n) is 45.9. The summed E-state index contributed by atoms with van der Waals surface area (Å²) < 4.78 is 22.2. The molecule has 0 bridgehead atoms. The third-order valence-electron chi connectivity index (χ3n) is 27.8. The highest BCUT2D eigenvalue weighted by atomic mass is 32.1. The fourth-order valence-corrected chi connectivity index (χ4v) is 25.5. The van der Waals surface area contributed by atoms with Crippen molar-refractivity contribution in [3.8, 4) is 67.6 Å². The van der Waals surface area contributed by atoms with Gasteiger partial charge in [-0.15, -0.1) is 34.0 Å². The van der Waals surface area contributed by atoms with Gasteiger partial charge in [-0.25, -0.2) is 4.98 Å². The third kappa shape index (κ3) is 12.1. The van der Waals surface area contributed by atoms with Crippen LogP contribution in [0, 0.1) is 0 Å². The van der Waals surface area contributed by atoms with Crippen molar-refractivity contribution in [3.63, 3.8) is 0 Å². The van der Waals surface area contributed by atoms with E-state index in [9.17, 15) is 0 Å². The zero-order valence-corrected chi connectivity index (χ0v) is 75.3. The van der Waals surface area contributed by atoms with Gasteiger partial charge in [0.1, 0.15) is 0 Å². The second-order valence-electron chi connectivity index (χ2n) is 35.1. The Morgan fingerprint density at radius 3 is 0.985 bits per heavy atom. The van der Waals surface area contributed by atoms with E-state index in [0.29, 0.717) is 0 Å².